The van der Waals surface area contributed by atoms with Gasteiger partial charge in [0.05, 0.1) is 37.1 Å². The molecule has 3 aromatic carbocycles. The smallest absolute Gasteiger partial charge is 0.254 e. The Morgan fingerprint density at radius 3 is 2.52 bits per heavy atom. The van der Waals surface area contributed by atoms with Gasteiger partial charge in [-0.2, -0.15) is 0 Å². The van der Waals surface area contributed by atoms with Gasteiger partial charge in [-0.3, -0.25) is 19.2 Å². The number of carbonyl (C=O) groups excluding carboxylic acids is 1. The number of hydrogen-bond acceptors (Lipinski definition) is 8. The van der Waals surface area contributed by atoms with E-state index >= 15 is 0 Å². The van der Waals surface area contributed by atoms with Crippen LogP contribution in [0.4, 0.5) is 11.4 Å². The summed E-state index contributed by atoms with van der Waals surface area (Å²) in [5.74, 6) is 6.47. The second-order valence-corrected chi connectivity index (χ2v) is 11.1. The predicted octanol–water partition coefficient (Wildman–Crippen LogP) is 5.22. The SMILES string of the molecule is N/C(Cl)=C\N(N)c1ccc(Cl)cc1-c1cc(=O)n(C(Cc2ccccc2)C(=O)Nc2ccc(OC3CCOCC3)cc2)cn1. The van der Waals surface area contributed by atoms with E-state index in [4.69, 9.17) is 44.3 Å². The fraction of sp³-hybridized carbons (Fsp3) is 0.219. The van der Waals surface area contributed by atoms with E-state index in [-0.39, 0.29) is 23.6 Å². The number of benzene rings is 3. The number of anilines is 2. The molecule has 0 spiro atoms. The summed E-state index contributed by atoms with van der Waals surface area (Å²) < 4.78 is 12.7. The van der Waals surface area contributed by atoms with Gasteiger partial charge < -0.3 is 20.5 Å². The van der Waals surface area contributed by atoms with Gasteiger partial charge in [-0.05, 0) is 48.0 Å². The summed E-state index contributed by atoms with van der Waals surface area (Å²) in [6.45, 7) is 1.37. The summed E-state index contributed by atoms with van der Waals surface area (Å²) in [5.41, 5.74) is 7.84. The first-order valence-corrected chi connectivity index (χ1v) is 14.8. The molecular formula is C32H32Cl2N6O4. The molecular weight excluding hydrogens is 603 g/mol. The molecule has 1 aliphatic rings. The highest BCUT2D eigenvalue weighted by Gasteiger charge is 2.24. The molecule has 228 valence electrons. The average Bonchev–Trinajstić information content (AvgIpc) is 3.01. The Morgan fingerprint density at radius 2 is 1.84 bits per heavy atom. The third-order valence-corrected chi connectivity index (χ3v) is 7.45. The van der Waals surface area contributed by atoms with E-state index in [2.05, 4.69) is 10.3 Å². The molecule has 44 heavy (non-hydrogen) atoms. The maximum atomic E-state index is 13.7. The van der Waals surface area contributed by atoms with E-state index in [0.717, 1.165) is 18.4 Å². The Morgan fingerprint density at radius 1 is 1.11 bits per heavy atom. The number of nitrogens with zero attached hydrogens (tertiary/aromatic N) is 3. The molecule has 12 heteroatoms. The van der Waals surface area contributed by atoms with Crippen molar-refractivity contribution in [2.45, 2.75) is 31.4 Å². The second kappa shape index (κ2) is 14.4. The van der Waals surface area contributed by atoms with Crippen molar-refractivity contribution in [2.24, 2.45) is 11.6 Å². The van der Waals surface area contributed by atoms with Crippen LogP contribution in [0, 0.1) is 0 Å². The van der Waals surface area contributed by atoms with Crippen LogP contribution in [0.15, 0.2) is 101 Å². The number of aromatic nitrogens is 2. The Balaban J connectivity index is 1.41. The molecule has 1 unspecified atom stereocenters. The zero-order chi connectivity index (χ0) is 31.1. The number of carbonyl (C=O) groups is 1. The van der Waals surface area contributed by atoms with Crippen LogP contribution < -0.4 is 32.2 Å². The largest absolute Gasteiger partial charge is 0.490 e. The highest BCUT2D eigenvalue weighted by atomic mass is 35.5. The predicted molar refractivity (Wildman–Crippen MR) is 172 cm³/mol. The van der Waals surface area contributed by atoms with Crippen LogP contribution in [-0.4, -0.2) is 34.8 Å². The molecule has 10 nitrogen and oxygen atoms in total. The molecule has 1 fully saturated rings. The van der Waals surface area contributed by atoms with Crippen LogP contribution in [0.25, 0.3) is 11.3 Å². The van der Waals surface area contributed by atoms with E-state index in [1.807, 2.05) is 42.5 Å². The van der Waals surface area contributed by atoms with Crippen LogP contribution in [0.3, 0.4) is 0 Å². The van der Waals surface area contributed by atoms with Gasteiger partial charge in [-0.1, -0.05) is 53.5 Å². The lowest BCUT2D eigenvalue weighted by molar-refractivity contribution is -0.119. The average molecular weight is 636 g/mol. The minimum atomic E-state index is -0.895. The van der Waals surface area contributed by atoms with Crippen LogP contribution >= 0.6 is 23.2 Å². The van der Waals surface area contributed by atoms with Gasteiger partial charge in [0.2, 0.25) is 5.91 Å². The number of nitrogens with two attached hydrogens (primary N) is 2. The van der Waals surface area contributed by atoms with Gasteiger partial charge in [-0.15, -0.1) is 0 Å². The fourth-order valence-corrected chi connectivity index (χ4v) is 5.19. The van der Waals surface area contributed by atoms with Crippen molar-refractivity contribution in [3.05, 3.63) is 117 Å². The summed E-state index contributed by atoms with van der Waals surface area (Å²) in [7, 11) is 0. The molecule has 5 rings (SSSR count). The van der Waals surface area contributed by atoms with Gasteiger partial charge in [-0.25, -0.2) is 10.8 Å². The van der Waals surface area contributed by atoms with Crippen molar-refractivity contribution >= 4 is 40.5 Å². The van der Waals surface area contributed by atoms with Gasteiger partial charge >= 0.3 is 0 Å². The van der Waals surface area contributed by atoms with Crippen LogP contribution in [0.1, 0.15) is 24.4 Å². The molecule has 0 aliphatic carbocycles. The van der Waals surface area contributed by atoms with Crippen molar-refractivity contribution in [1.29, 1.82) is 0 Å². The van der Waals surface area contributed by atoms with Crippen molar-refractivity contribution in [3.63, 3.8) is 0 Å². The maximum Gasteiger partial charge on any atom is 0.254 e. The van der Waals surface area contributed by atoms with E-state index in [9.17, 15) is 9.59 Å². The van der Waals surface area contributed by atoms with E-state index in [1.165, 1.54) is 28.2 Å². The number of hydrazine groups is 1. The molecule has 4 aromatic rings. The Hall–Kier alpha value is -4.35. The van der Waals surface area contributed by atoms with Gasteiger partial charge in [0.15, 0.2) is 0 Å². The highest BCUT2D eigenvalue weighted by Crippen LogP contribution is 2.31. The van der Waals surface area contributed by atoms with E-state index < -0.39 is 11.6 Å². The number of ether oxygens (including phenoxy) is 2. The Labute approximate surface area is 264 Å². The molecule has 5 N–H and O–H groups in total. The first-order valence-electron chi connectivity index (χ1n) is 14.0. The molecule has 0 bridgehead atoms. The third kappa shape index (κ3) is 7.97. The summed E-state index contributed by atoms with van der Waals surface area (Å²) in [4.78, 5) is 31.8. The lowest BCUT2D eigenvalue weighted by Crippen LogP contribution is -2.34. The zero-order valence-electron chi connectivity index (χ0n) is 23.7. The number of halogens is 2. The minimum absolute atomic E-state index is 0.0342. The number of hydrogen-bond donors (Lipinski definition) is 3. The second-order valence-electron chi connectivity index (χ2n) is 10.3. The minimum Gasteiger partial charge on any atom is -0.490 e. The van der Waals surface area contributed by atoms with Gasteiger partial charge in [0, 0.05) is 41.6 Å². The maximum absolute atomic E-state index is 13.7. The quantitative estimate of drug-likeness (QED) is 0.123. The van der Waals surface area contributed by atoms with Crippen LogP contribution in [-0.2, 0) is 16.0 Å². The number of amides is 1. The summed E-state index contributed by atoms with van der Waals surface area (Å²) >= 11 is 12.1. The molecule has 2 heterocycles. The van der Waals surface area contributed by atoms with Crippen molar-refractivity contribution < 1.29 is 14.3 Å². The first-order chi connectivity index (χ1) is 21.3. The van der Waals surface area contributed by atoms with E-state index in [0.29, 0.717) is 46.6 Å². The van der Waals surface area contributed by atoms with Gasteiger partial charge in [0.1, 0.15) is 23.1 Å². The van der Waals surface area contributed by atoms with Crippen molar-refractivity contribution in [1.82, 2.24) is 9.55 Å². The Kier molecular flexibility index (Phi) is 10.2. The highest BCUT2D eigenvalue weighted by molar-refractivity contribution is 6.31. The molecule has 1 aliphatic heterocycles. The van der Waals surface area contributed by atoms with Crippen molar-refractivity contribution in [3.8, 4) is 17.0 Å². The molecule has 0 radical (unpaired) electrons. The van der Waals surface area contributed by atoms with E-state index in [1.54, 1.807) is 30.3 Å². The summed E-state index contributed by atoms with van der Waals surface area (Å²) in [5, 5.41) is 4.54. The monoisotopic (exact) mass is 634 g/mol. The topological polar surface area (TPSA) is 138 Å². The number of rotatable bonds is 10. The summed E-state index contributed by atoms with van der Waals surface area (Å²) in [6.07, 6.45) is 4.71. The molecule has 1 amide bonds. The third-order valence-electron chi connectivity index (χ3n) is 7.11. The molecule has 0 saturated carbocycles. The lowest BCUT2D eigenvalue weighted by Gasteiger charge is -2.23. The molecule has 1 saturated heterocycles. The van der Waals surface area contributed by atoms with Crippen molar-refractivity contribution in [2.75, 3.05) is 23.5 Å². The molecule has 1 aromatic heterocycles. The summed E-state index contributed by atoms with van der Waals surface area (Å²) in [6, 6.07) is 22.0. The Bertz CT molecular complexity index is 1670. The lowest BCUT2D eigenvalue weighted by atomic mass is 10.0. The fourth-order valence-electron chi connectivity index (χ4n) is 4.92. The van der Waals surface area contributed by atoms with Gasteiger partial charge in [0.25, 0.3) is 5.56 Å². The zero-order valence-corrected chi connectivity index (χ0v) is 25.2. The first kappa shape index (κ1) is 31.1. The standard InChI is InChI=1S/C32H32Cl2N6O4/c33-22-6-11-28(40(36)19-30(34)35)26(17-22)27-18-31(41)39(20-37-27)29(16-21-4-2-1-3-5-21)32(42)38-23-7-9-24(10-8-23)44-25-12-14-43-15-13-25/h1-11,17-20,25,29H,12-16,35-36H2,(H,38,42)/b30-19-. The molecule has 1 atom stereocenters. The van der Waals surface area contributed by atoms with Crippen LogP contribution in [0.2, 0.25) is 5.02 Å². The van der Waals surface area contributed by atoms with Crippen LogP contribution in [0.5, 0.6) is 5.75 Å². The number of nitrogens with one attached hydrogen (secondary N) is 1. The normalized spacial score (nSPS) is 14.6.